The maximum atomic E-state index is 12.4. The van der Waals surface area contributed by atoms with Crippen molar-refractivity contribution in [2.24, 2.45) is 0 Å². The molecule has 2 rings (SSSR count). The SMILES string of the molecule is N#CC(=CNC1CCCCC1)S(=O)(=O)c1ccc(Cl)cc1. The number of halogens is 1. The summed E-state index contributed by atoms with van der Waals surface area (Å²) in [4.78, 5) is -0.194. The molecule has 1 N–H and O–H groups in total. The third-order valence-electron chi connectivity index (χ3n) is 3.58. The molecule has 21 heavy (non-hydrogen) atoms. The van der Waals surface area contributed by atoms with E-state index in [-0.39, 0.29) is 15.8 Å². The van der Waals surface area contributed by atoms with Gasteiger partial charge in [-0.2, -0.15) is 5.26 Å². The molecule has 0 radical (unpaired) electrons. The van der Waals surface area contributed by atoms with E-state index in [0.717, 1.165) is 25.7 Å². The number of nitrogens with one attached hydrogen (secondary N) is 1. The number of hydrogen-bond donors (Lipinski definition) is 1. The van der Waals surface area contributed by atoms with Gasteiger partial charge in [-0.05, 0) is 37.1 Å². The van der Waals surface area contributed by atoms with Gasteiger partial charge in [-0.25, -0.2) is 8.42 Å². The predicted molar refractivity (Wildman–Crippen MR) is 82.3 cm³/mol. The monoisotopic (exact) mass is 324 g/mol. The minimum atomic E-state index is -3.79. The summed E-state index contributed by atoms with van der Waals surface area (Å²) in [7, 11) is -3.79. The van der Waals surface area contributed by atoms with E-state index in [1.54, 1.807) is 6.07 Å². The van der Waals surface area contributed by atoms with E-state index in [0.29, 0.717) is 5.02 Å². The quantitative estimate of drug-likeness (QED) is 0.862. The summed E-state index contributed by atoms with van der Waals surface area (Å²) in [6.45, 7) is 0. The molecule has 1 aromatic carbocycles. The zero-order valence-electron chi connectivity index (χ0n) is 11.5. The van der Waals surface area contributed by atoms with E-state index >= 15 is 0 Å². The molecule has 0 spiro atoms. The summed E-state index contributed by atoms with van der Waals surface area (Å²) < 4.78 is 24.7. The lowest BCUT2D eigenvalue weighted by Crippen LogP contribution is -2.27. The third-order valence-corrected chi connectivity index (χ3v) is 5.51. The van der Waals surface area contributed by atoms with Crippen LogP contribution < -0.4 is 5.32 Å². The molecular formula is C15H17ClN2O2S. The second kappa shape index (κ2) is 6.97. The lowest BCUT2D eigenvalue weighted by Gasteiger charge is -2.21. The lowest BCUT2D eigenvalue weighted by molar-refractivity contribution is 0.404. The van der Waals surface area contributed by atoms with Crippen molar-refractivity contribution in [2.45, 2.75) is 43.0 Å². The minimum absolute atomic E-state index is 0.0742. The number of nitrogens with zero attached hydrogens (tertiary/aromatic N) is 1. The molecular weight excluding hydrogens is 308 g/mol. The van der Waals surface area contributed by atoms with Crippen LogP contribution in [0.5, 0.6) is 0 Å². The minimum Gasteiger partial charge on any atom is -0.387 e. The lowest BCUT2D eigenvalue weighted by atomic mass is 9.96. The Balaban J connectivity index is 2.19. The van der Waals surface area contributed by atoms with Crippen molar-refractivity contribution in [2.75, 3.05) is 0 Å². The second-order valence-corrected chi connectivity index (χ2v) is 7.43. The van der Waals surface area contributed by atoms with Crippen molar-refractivity contribution >= 4 is 21.4 Å². The standard InChI is InChI=1S/C15H17ClN2O2S/c16-12-6-8-14(9-7-12)21(19,20)15(10-17)11-18-13-4-2-1-3-5-13/h6-9,11,13,18H,1-5H2. The van der Waals surface area contributed by atoms with Crippen LogP contribution in [0.15, 0.2) is 40.3 Å². The van der Waals surface area contributed by atoms with Gasteiger partial charge < -0.3 is 5.32 Å². The van der Waals surface area contributed by atoms with Gasteiger partial charge in [-0.15, -0.1) is 0 Å². The third kappa shape index (κ3) is 3.99. The molecule has 1 aliphatic rings. The number of benzene rings is 1. The number of hydrogen-bond acceptors (Lipinski definition) is 4. The molecule has 6 heteroatoms. The summed E-state index contributed by atoms with van der Waals surface area (Å²) in [6, 6.07) is 7.83. The fraction of sp³-hybridized carbons (Fsp3) is 0.400. The van der Waals surface area contributed by atoms with Crippen molar-refractivity contribution < 1.29 is 8.42 Å². The van der Waals surface area contributed by atoms with Gasteiger partial charge in [-0.1, -0.05) is 30.9 Å². The van der Waals surface area contributed by atoms with E-state index < -0.39 is 9.84 Å². The van der Waals surface area contributed by atoms with Gasteiger partial charge in [0.05, 0.1) is 4.90 Å². The van der Waals surface area contributed by atoms with Gasteiger partial charge in [0.1, 0.15) is 6.07 Å². The van der Waals surface area contributed by atoms with Gasteiger partial charge >= 0.3 is 0 Å². The van der Waals surface area contributed by atoms with E-state index in [2.05, 4.69) is 5.32 Å². The molecule has 1 aromatic rings. The Morgan fingerprint density at radius 2 is 1.86 bits per heavy atom. The Labute approximate surface area is 130 Å². The Hall–Kier alpha value is -1.51. The first kappa shape index (κ1) is 15.9. The second-order valence-electron chi connectivity index (χ2n) is 5.08. The number of rotatable bonds is 4. The first-order chi connectivity index (χ1) is 10.0. The molecule has 0 aliphatic heterocycles. The fourth-order valence-electron chi connectivity index (χ4n) is 2.37. The summed E-state index contributed by atoms with van der Waals surface area (Å²) >= 11 is 5.75. The average molecular weight is 325 g/mol. The van der Waals surface area contributed by atoms with Gasteiger partial charge in [0, 0.05) is 17.3 Å². The summed E-state index contributed by atoms with van der Waals surface area (Å²) in [5.41, 5.74) is 0. The molecule has 0 unspecified atom stereocenters. The summed E-state index contributed by atoms with van der Waals surface area (Å²) in [5, 5.41) is 12.7. The van der Waals surface area contributed by atoms with Crippen LogP contribution in [0.25, 0.3) is 0 Å². The number of sulfone groups is 1. The van der Waals surface area contributed by atoms with E-state index in [1.807, 2.05) is 0 Å². The van der Waals surface area contributed by atoms with Crippen LogP contribution in [0.3, 0.4) is 0 Å². The van der Waals surface area contributed by atoms with Crippen molar-refractivity contribution in [3.8, 4) is 6.07 Å². The maximum absolute atomic E-state index is 12.4. The van der Waals surface area contributed by atoms with Crippen molar-refractivity contribution in [1.82, 2.24) is 5.32 Å². The Morgan fingerprint density at radius 1 is 1.24 bits per heavy atom. The topological polar surface area (TPSA) is 70.0 Å². The summed E-state index contributed by atoms with van der Waals surface area (Å²) in [5.74, 6) is 0. The van der Waals surface area contributed by atoms with Crippen molar-refractivity contribution in [1.29, 1.82) is 5.26 Å². The van der Waals surface area contributed by atoms with Gasteiger partial charge in [0.25, 0.3) is 0 Å². The van der Waals surface area contributed by atoms with Crippen LogP contribution in [0.1, 0.15) is 32.1 Å². The summed E-state index contributed by atoms with van der Waals surface area (Å²) in [6.07, 6.45) is 6.84. The highest BCUT2D eigenvalue weighted by molar-refractivity contribution is 7.95. The highest BCUT2D eigenvalue weighted by Gasteiger charge is 2.21. The van der Waals surface area contributed by atoms with E-state index in [4.69, 9.17) is 16.9 Å². The zero-order valence-corrected chi connectivity index (χ0v) is 13.1. The van der Waals surface area contributed by atoms with Crippen LogP contribution in [0, 0.1) is 11.3 Å². The van der Waals surface area contributed by atoms with Crippen LogP contribution in [0.4, 0.5) is 0 Å². The molecule has 0 amide bonds. The van der Waals surface area contributed by atoms with Gasteiger partial charge in [0.2, 0.25) is 9.84 Å². The van der Waals surface area contributed by atoms with Gasteiger partial charge in [-0.3, -0.25) is 0 Å². The van der Waals surface area contributed by atoms with Crippen LogP contribution in [-0.2, 0) is 9.84 Å². The zero-order chi connectivity index (χ0) is 15.3. The molecule has 1 saturated carbocycles. The molecule has 112 valence electrons. The molecule has 1 fully saturated rings. The number of nitriles is 1. The molecule has 0 atom stereocenters. The van der Waals surface area contributed by atoms with Gasteiger partial charge in [0.15, 0.2) is 4.91 Å². The van der Waals surface area contributed by atoms with Crippen molar-refractivity contribution in [3.63, 3.8) is 0 Å². The number of allylic oxidation sites excluding steroid dienone is 1. The van der Waals surface area contributed by atoms with E-state index in [9.17, 15) is 8.42 Å². The highest BCUT2D eigenvalue weighted by atomic mass is 35.5. The highest BCUT2D eigenvalue weighted by Crippen LogP contribution is 2.21. The molecule has 1 aliphatic carbocycles. The largest absolute Gasteiger partial charge is 0.387 e. The van der Waals surface area contributed by atoms with E-state index in [1.165, 1.54) is 36.9 Å². The molecule has 0 bridgehead atoms. The van der Waals surface area contributed by atoms with Crippen molar-refractivity contribution in [3.05, 3.63) is 40.4 Å². The Kier molecular flexibility index (Phi) is 5.27. The fourth-order valence-corrected chi connectivity index (χ4v) is 3.59. The maximum Gasteiger partial charge on any atom is 0.218 e. The van der Waals surface area contributed by atoms with Crippen LogP contribution in [0.2, 0.25) is 5.02 Å². The first-order valence-corrected chi connectivity index (χ1v) is 8.77. The predicted octanol–water partition coefficient (Wildman–Crippen LogP) is 3.40. The van der Waals surface area contributed by atoms with Crippen LogP contribution >= 0.6 is 11.6 Å². The van der Waals surface area contributed by atoms with Crippen LogP contribution in [-0.4, -0.2) is 14.5 Å². The smallest absolute Gasteiger partial charge is 0.218 e. The molecule has 0 heterocycles. The molecule has 4 nitrogen and oxygen atoms in total. The molecule has 0 aromatic heterocycles. The normalized spacial score (nSPS) is 17.2. The Bertz CT molecular complexity index is 654. The molecule has 0 saturated heterocycles. The first-order valence-electron chi connectivity index (χ1n) is 6.91. The Morgan fingerprint density at radius 3 is 2.43 bits per heavy atom. The average Bonchev–Trinajstić information content (AvgIpc) is 2.49.